The molecule has 108 valence electrons. The van der Waals surface area contributed by atoms with Crippen molar-refractivity contribution in [3.63, 3.8) is 0 Å². The van der Waals surface area contributed by atoms with Crippen LogP contribution in [0.15, 0.2) is 0 Å². The van der Waals surface area contributed by atoms with E-state index in [1.54, 1.807) is 0 Å². The van der Waals surface area contributed by atoms with E-state index in [9.17, 15) is 4.79 Å². The molecule has 4 nitrogen and oxygen atoms in total. The summed E-state index contributed by atoms with van der Waals surface area (Å²) in [5.74, 6) is 0.438. The molecule has 0 bridgehead atoms. The van der Waals surface area contributed by atoms with E-state index in [1.165, 1.54) is 12.8 Å². The van der Waals surface area contributed by atoms with Crippen LogP contribution in [-0.2, 0) is 4.79 Å². The van der Waals surface area contributed by atoms with E-state index >= 15 is 0 Å². The number of likely N-dealkylation sites (N-methyl/N-ethyl adjacent to an activating group) is 1. The standard InChI is InChI=1S/C12H23N3O.2ClH/c1-2-15(11-3-4-11)8-7-14-12(16)10-5-6-13-9-10;;/h10-11,13H,2-9H2,1H3,(H,14,16);2*1H. The predicted octanol–water partition coefficient (Wildman–Crippen LogP) is 1.04. The Labute approximate surface area is 122 Å². The minimum Gasteiger partial charge on any atom is -0.355 e. The third-order valence-electron chi connectivity index (χ3n) is 3.60. The van der Waals surface area contributed by atoms with Gasteiger partial charge in [-0.3, -0.25) is 9.69 Å². The topological polar surface area (TPSA) is 44.4 Å². The minimum absolute atomic E-state index is 0. The highest BCUT2D eigenvalue weighted by molar-refractivity contribution is 5.85. The smallest absolute Gasteiger partial charge is 0.224 e. The summed E-state index contributed by atoms with van der Waals surface area (Å²) in [7, 11) is 0. The highest BCUT2D eigenvalue weighted by Crippen LogP contribution is 2.25. The van der Waals surface area contributed by atoms with Crippen molar-refractivity contribution in [1.29, 1.82) is 0 Å². The molecule has 2 aliphatic rings. The van der Waals surface area contributed by atoms with E-state index in [1.807, 2.05) is 0 Å². The lowest BCUT2D eigenvalue weighted by Gasteiger charge is -2.20. The second kappa shape index (κ2) is 8.97. The predicted molar refractivity (Wildman–Crippen MR) is 78.8 cm³/mol. The summed E-state index contributed by atoms with van der Waals surface area (Å²) in [6.45, 7) is 6.95. The normalized spacial score (nSPS) is 22.2. The number of hydrogen-bond acceptors (Lipinski definition) is 3. The monoisotopic (exact) mass is 297 g/mol. The number of carbonyl (C=O) groups excluding carboxylic acids is 1. The Kier molecular flexibility index (Phi) is 8.95. The molecule has 1 amide bonds. The number of halogens is 2. The van der Waals surface area contributed by atoms with Gasteiger partial charge in [-0.1, -0.05) is 6.92 Å². The summed E-state index contributed by atoms with van der Waals surface area (Å²) in [5, 5.41) is 6.27. The molecule has 1 heterocycles. The first-order valence-electron chi connectivity index (χ1n) is 6.53. The lowest BCUT2D eigenvalue weighted by Crippen LogP contribution is -2.39. The van der Waals surface area contributed by atoms with Crippen LogP contribution in [0.4, 0.5) is 0 Å². The first kappa shape index (κ1) is 18.0. The van der Waals surface area contributed by atoms with Crippen LogP contribution in [-0.4, -0.2) is 49.6 Å². The third-order valence-corrected chi connectivity index (χ3v) is 3.60. The zero-order valence-electron chi connectivity index (χ0n) is 11.0. The number of amides is 1. The SMILES string of the molecule is CCN(CCNC(=O)C1CCNC1)C1CC1.Cl.Cl. The molecule has 0 spiro atoms. The maximum atomic E-state index is 11.7. The van der Waals surface area contributed by atoms with E-state index in [0.29, 0.717) is 0 Å². The lowest BCUT2D eigenvalue weighted by atomic mass is 10.1. The van der Waals surface area contributed by atoms with Crippen molar-refractivity contribution >= 4 is 30.7 Å². The Morgan fingerprint density at radius 1 is 1.33 bits per heavy atom. The Balaban J connectivity index is 0.00000144. The van der Waals surface area contributed by atoms with Gasteiger partial charge in [0.15, 0.2) is 0 Å². The van der Waals surface area contributed by atoms with Crippen molar-refractivity contribution in [2.75, 3.05) is 32.7 Å². The number of rotatable bonds is 6. The van der Waals surface area contributed by atoms with Gasteiger partial charge in [-0.05, 0) is 32.4 Å². The van der Waals surface area contributed by atoms with E-state index in [4.69, 9.17) is 0 Å². The van der Waals surface area contributed by atoms with Crippen LogP contribution in [0, 0.1) is 5.92 Å². The highest BCUT2D eigenvalue weighted by Gasteiger charge is 2.27. The van der Waals surface area contributed by atoms with E-state index in [-0.39, 0.29) is 36.6 Å². The summed E-state index contributed by atoms with van der Waals surface area (Å²) in [5.41, 5.74) is 0. The van der Waals surface area contributed by atoms with Gasteiger partial charge in [-0.2, -0.15) is 0 Å². The molecule has 1 aliphatic heterocycles. The van der Waals surface area contributed by atoms with Gasteiger partial charge < -0.3 is 10.6 Å². The van der Waals surface area contributed by atoms with Crippen LogP contribution in [0.2, 0.25) is 0 Å². The van der Waals surface area contributed by atoms with Gasteiger partial charge in [0.1, 0.15) is 0 Å². The first-order chi connectivity index (χ1) is 7.81. The largest absolute Gasteiger partial charge is 0.355 e. The quantitative estimate of drug-likeness (QED) is 0.770. The van der Waals surface area contributed by atoms with Crippen LogP contribution in [0.1, 0.15) is 26.2 Å². The molecular formula is C12H25Cl2N3O. The molecule has 0 aromatic rings. The fourth-order valence-electron chi connectivity index (χ4n) is 2.38. The van der Waals surface area contributed by atoms with Gasteiger partial charge in [0.25, 0.3) is 0 Å². The molecule has 1 aliphatic carbocycles. The number of nitrogens with one attached hydrogen (secondary N) is 2. The lowest BCUT2D eigenvalue weighted by molar-refractivity contribution is -0.124. The van der Waals surface area contributed by atoms with Gasteiger partial charge in [-0.25, -0.2) is 0 Å². The Morgan fingerprint density at radius 2 is 2.06 bits per heavy atom. The van der Waals surface area contributed by atoms with Crippen molar-refractivity contribution in [1.82, 2.24) is 15.5 Å². The molecule has 1 saturated heterocycles. The van der Waals surface area contributed by atoms with Gasteiger partial charge in [-0.15, -0.1) is 24.8 Å². The minimum atomic E-state index is 0. The van der Waals surface area contributed by atoms with E-state index < -0.39 is 0 Å². The second-order valence-corrected chi connectivity index (χ2v) is 4.84. The molecule has 1 atom stereocenters. The molecule has 2 rings (SSSR count). The third kappa shape index (κ3) is 5.31. The molecule has 0 aromatic heterocycles. The molecule has 18 heavy (non-hydrogen) atoms. The number of hydrogen-bond donors (Lipinski definition) is 2. The van der Waals surface area contributed by atoms with Gasteiger partial charge in [0, 0.05) is 25.7 Å². The highest BCUT2D eigenvalue weighted by atomic mass is 35.5. The maximum absolute atomic E-state index is 11.7. The molecule has 0 aromatic carbocycles. The van der Waals surface area contributed by atoms with Gasteiger partial charge in [0.2, 0.25) is 5.91 Å². The van der Waals surface area contributed by atoms with Crippen molar-refractivity contribution in [3.8, 4) is 0 Å². The van der Waals surface area contributed by atoms with Crippen LogP contribution < -0.4 is 10.6 Å². The number of carbonyl (C=O) groups is 1. The fourth-order valence-corrected chi connectivity index (χ4v) is 2.38. The Morgan fingerprint density at radius 3 is 2.56 bits per heavy atom. The molecule has 1 saturated carbocycles. The van der Waals surface area contributed by atoms with Crippen molar-refractivity contribution < 1.29 is 4.79 Å². The van der Waals surface area contributed by atoms with Gasteiger partial charge in [0.05, 0.1) is 5.92 Å². The maximum Gasteiger partial charge on any atom is 0.224 e. The first-order valence-corrected chi connectivity index (χ1v) is 6.53. The molecule has 2 N–H and O–H groups in total. The molecule has 0 radical (unpaired) electrons. The van der Waals surface area contributed by atoms with Crippen LogP contribution >= 0.6 is 24.8 Å². The summed E-state index contributed by atoms with van der Waals surface area (Å²) >= 11 is 0. The van der Waals surface area contributed by atoms with E-state index in [2.05, 4.69) is 22.5 Å². The van der Waals surface area contributed by atoms with E-state index in [0.717, 1.165) is 45.2 Å². The summed E-state index contributed by atoms with van der Waals surface area (Å²) < 4.78 is 0. The molecule has 2 fully saturated rings. The van der Waals surface area contributed by atoms with Crippen molar-refractivity contribution in [2.45, 2.75) is 32.2 Å². The summed E-state index contributed by atoms with van der Waals surface area (Å²) in [6, 6.07) is 0.801. The number of nitrogens with zero attached hydrogens (tertiary/aromatic N) is 1. The van der Waals surface area contributed by atoms with Gasteiger partial charge >= 0.3 is 0 Å². The Bertz CT molecular complexity index is 243. The molecular weight excluding hydrogens is 273 g/mol. The van der Waals surface area contributed by atoms with Crippen molar-refractivity contribution in [3.05, 3.63) is 0 Å². The zero-order chi connectivity index (χ0) is 11.4. The fraction of sp³-hybridized carbons (Fsp3) is 0.917. The van der Waals surface area contributed by atoms with Crippen molar-refractivity contribution in [2.24, 2.45) is 5.92 Å². The zero-order valence-corrected chi connectivity index (χ0v) is 12.6. The molecule has 1 unspecified atom stereocenters. The van der Waals surface area contributed by atoms with Crippen LogP contribution in [0.25, 0.3) is 0 Å². The average molecular weight is 298 g/mol. The Hall–Kier alpha value is -0.0300. The van der Waals surface area contributed by atoms with Crippen LogP contribution in [0.5, 0.6) is 0 Å². The summed E-state index contributed by atoms with van der Waals surface area (Å²) in [6.07, 6.45) is 3.68. The molecule has 6 heteroatoms. The van der Waals surface area contributed by atoms with Crippen LogP contribution in [0.3, 0.4) is 0 Å². The average Bonchev–Trinajstić information content (AvgIpc) is 2.97. The summed E-state index contributed by atoms with van der Waals surface area (Å²) in [4.78, 5) is 14.2. The second-order valence-electron chi connectivity index (χ2n) is 4.84.